The molecule has 2 aromatic carbocycles. The number of nitro groups is 1. The lowest BCUT2D eigenvalue weighted by molar-refractivity contribution is -0.384. The van der Waals surface area contributed by atoms with Gasteiger partial charge < -0.3 is 5.32 Å². The van der Waals surface area contributed by atoms with Gasteiger partial charge in [-0.2, -0.15) is 0 Å². The molecule has 0 unspecified atom stereocenters. The average molecular weight is 407 g/mol. The fourth-order valence-corrected chi connectivity index (χ4v) is 4.12. The molecule has 3 amide bonds. The van der Waals surface area contributed by atoms with Crippen LogP contribution in [0.25, 0.3) is 0 Å². The third-order valence-corrected chi connectivity index (χ3v) is 5.80. The van der Waals surface area contributed by atoms with Crippen LogP contribution in [0, 0.1) is 17.0 Å². The zero-order valence-electron chi connectivity index (χ0n) is 16.5. The summed E-state index contributed by atoms with van der Waals surface area (Å²) in [5, 5.41) is 13.7. The molecule has 30 heavy (non-hydrogen) atoms. The molecule has 0 bridgehead atoms. The molecule has 1 saturated carbocycles. The number of hydrogen-bond donors (Lipinski definition) is 1. The van der Waals surface area contributed by atoms with E-state index < -0.39 is 10.8 Å². The number of nitro benzene ring substituents is 1. The topological polar surface area (TPSA) is 110 Å². The molecule has 8 nitrogen and oxygen atoms in total. The van der Waals surface area contributed by atoms with Gasteiger partial charge in [-0.3, -0.25) is 29.4 Å². The highest BCUT2D eigenvalue weighted by Crippen LogP contribution is 2.32. The van der Waals surface area contributed by atoms with E-state index in [1.54, 1.807) is 13.0 Å². The minimum absolute atomic E-state index is 0.0871. The Bertz CT molecular complexity index is 1070. The van der Waals surface area contributed by atoms with Crippen molar-refractivity contribution < 1.29 is 19.3 Å². The van der Waals surface area contributed by atoms with Crippen molar-refractivity contribution in [3.63, 3.8) is 0 Å². The first kappa shape index (κ1) is 19.8. The summed E-state index contributed by atoms with van der Waals surface area (Å²) < 4.78 is 0. The van der Waals surface area contributed by atoms with E-state index >= 15 is 0 Å². The summed E-state index contributed by atoms with van der Waals surface area (Å²) in [4.78, 5) is 50.2. The van der Waals surface area contributed by atoms with Crippen LogP contribution >= 0.6 is 0 Å². The molecular formula is C22H21N3O5. The van der Waals surface area contributed by atoms with Gasteiger partial charge in [0, 0.05) is 23.7 Å². The molecule has 0 saturated heterocycles. The van der Waals surface area contributed by atoms with E-state index in [2.05, 4.69) is 5.32 Å². The number of carbonyl (C=O) groups is 3. The summed E-state index contributed by atoms with van der Waals surface area (Å²) in [5.74, 6) is -1.16. The Kier molecular flexibility index (Phi) is 5.07. The van der Waals surface area contributed by atoms with Crippen LogP contribution in [0.5, 0.6) is 0 Å². The number of nitrogens with zero attached hydrogens (tertiary/aromatic N) is 2. The van der Waals surface area contributed by atoms with Gasteiger partial charge in [-0.15, -0.1) is 0 Å². The SMILES string of the molecule is Cc1ccc([N+](=O)[O-])cc1NC(=O)c1ccc2c(c1)C(=O)N(C1CCCCC1)C2=O. The molecule has 154 valence electrons. The summed E-state index contributed by atoms with van der Waals surface area (Å²) in [6.07, 6.45) is 4.72. The smallest absolute Gasteiger partial charge is 0.271 e. The van der Waals surface area contributed by atoms with Gasteiger partial charge >= 0.3 is 0 Å². The quantitative estimate of drug-likeness (QED) is 0.466. The molecule has 2 aliphatic rings. The number of benzene rings is 2. The van der Waals surface area contributed by atoms with Crippen molar-refractivity contribution in [1.29, 1.82) is 0 Å². The lowest BCUT2D eigenvalue weighted by Gasteiger charge is -2.29. The van der Waals surface area contributed by atoms with Gasteiger partial charge in [0.1, 0.15) is 0 Å². The molecule has 0 aromatic heterocycles. The molecule has 0 radical (unpaired) electrons. The van der Waals surface area contributed by atoms with E-state index in [1.807, 2.05) is 0 Å². The molecule has 1 aliphatic heterocycles. The lowest BCUT2D eigenvalue weighted by atomic mass is 9.94. The number of anilines is 1. The molecule has 2 aromatic rings. The van der Waals surface area contributed by atoms with Crippen LogP contribution in [-0.4, -0.2) is 33.6 Å². The summed E-state index contributed by atoms with van der Waals surface area (Å²) >= 11 is 0. The summed E-state index contributed by atoms with van der Waals surface area (Å²) in [7, 11) is 0. The van der Waals surface area contributed by atoms with Gasteiger partial charge in [0.15, 0.2) is 0 Å². The summed E-state index contributed by atoms with van der Waals surface area (Å²) in [5.41, 5.74) is 1.62. The van der Waals surface area contributed by atoms with E-state index in [4.69, 9.17) is 0 Å². The third-order valence-electron chi connectivity index (χ3n) is 5.80. The van der Waals surface area contributed by atoms with E-state index in [1.165, 1.54) is 35.2 Å². The van der Waals surface area contributed by atoms with Gasteiger partial charge in [-0.1, -0.05) is 25.3 Å². The molecular weight excluding hydrogens is 386 g/mol. The largest absolute Gasteiger partial charge is 0.321 e. The first-order valence-corrected chi connectivity index (χ1v) is 9.95. The van der Waals surface area contributed by atoms with Crippen molar-refractivity contribution in [2.45, 2.75) is 45.1 Å². The maximum Gasteiger partial charge on any atom is 0.271 e. The van der Waals surface area contributed by atoms with Crippen molar-refractivity contribution >= 4 is 29.1 Å². The second-order valence-electron chi connectivity index (χ2n) is 7.74. The number of carbonyl (C=O) groups excluding carboxylic acids is 3. The van der Waals surface area contributed by atoms with Crippen molar-refractivity contribution in [2.75, 3.05) is 5.32 Å². The standard InChI is InChI=1S/C22H21N3O5/c1-13-7-9-16(25(29)30)12-19(13)23-20(26)14-8-10-17-18(11-14)22(28)24(21(17)27)15-5-3-2-4-6-15/h7-12,15H,2-6H2,1H3,(H,23,26). The van der Waals surface area contributed by atoms with Crippen molar-refractivity contribution in [3.8, 4) is 0 Å². The predicted octanol–water partition coefficient (Wildman–Crippen LogP) is 4.08. The number of aryl methyl sites for hydroxylation is 1. The molecule has 1 aliphatic carbocycles. The van der Waals surface area contributed by atoms with Crippen LogP contribution in [0.1, 0.15) is 68.7 Å². The normalized spacial score (nSPS) is 16.5. The van der Waals surface area contributed by atoms with Crippen LogP contribution in [0.3, 0.4) is 0 Å². The zero-order valence-corrected chi connectivity index (χ0v) is 16.5. The maximum absolute atomic E-state index is 12.9. The van der Waals surface area contributed by atoms with E-state index in [-0.39, 0.29) is 34.7 Å². The Hall–Kier alpha value is -3.55. The third kappa shape index (κ3) is 3.45. The van der Waals surface area contributed by atoms with Crippen LogP contribution in [0.4, 0.5) is 11.4 Å². The first-order chi connectivity index (χ1) is 14.4. The molecule has 1 fully saturated rings. The number of amides is 3. The molecule has 0 atom stereocenters. The lowest BCUT2D eigenvalue weighted by Crippen LogP contribution is -2.40. The van der Waals surface area contributed by atoms with E-state index in [0.29, 0.717) is 16.8 Å². The molecule has 1 heterocycles. The highest BCUT2D eigenvalue weighted by Gasteiger charge is 2.40. The van der Waals surface area contributed by atoms with Crippen LogP contribution in [0.2, 0.25) is 0 Å². The minimum atomic E-state index is -0.533. The monoisotopic (exact) mass is 407 g/mol. The second-order valence-corrected chi connectivity index (χ2v) is 7.74. The number of rotatable bonds is 4. The van der Waals surface area contributed by atoms with Crippen molar-refractivity contribution in [3.05, 3.63) is 68.8 Å². The fraction of sp³-hybridized carbons (Fsp3) is 0.318. The predicted molar refractivity (Wildman–Crippen MR) is 110 cm³/mol. The van der Waals surface area contributed by atoms with E-state index in [0.717, 1.165) is 32.1 Å². The first-order valence-electron chi connectivity index (χ1n) is 9.95. The summed E-state index contributed by atoms with van der Waals surface area (Å²) in [6.45, 7) is 1.73. The Balaban J connectivity index is 1.58. The van der Waals surface area contributed by atoms with Crippen LogP contribution < -0.4 is 5.32 Å². The highest BCUT2D eigenvalue weighted by molar-refractivity contribution is 6.22. The van der Waals surface area contributed by atoms with Gasteiger partial charge in [0.2, 0.25) is 0 Å². The Morgan fingerprint density at radius 2 is 1.73 bits per heavy atom. The zero-order chi connectivity index (χ0) is 21.4. The van der Waals surface area contributed by atoms with E-state index in [9.17, 15) is 24.5 Å². The number of non-ortho nitro benzene ring substituents is 1. The molecule has 1 N–H and O–H groups in total. The number of fused-ring (bicyclic) bond motifs is 1. The average Bonchev–Trinajstić information content (AvgIpc) is 2.99. The Labute approximate surface area is 173 Å². The summed E-state index contributed by atoms with van der Waals surface area (Å²) in [6, 6.07) is 8.56. The number of nitrogens with one attached hydrogen (secondary N) is 1. The second kappa shape index (κ2) is 7.70. The van der Waals surface area contributed by atoms with Crippen LogP contribution in [0.15, 0.2) is 36.4 Å². The number of hydrogen-bond acceptors (Lipinski definition) is 5. The van der Waals surface area contributed by atoms with Crippen LogP contribution in [-0.2, 0) is 0 Å². The minimum Gasteiger partial charge on any atom is -0.321 e. The fourth-order valence-electron chi connectivity index (χ4n) is 4.12. The number of imide groups is 1. The molecule has 0 spiro atoms. The Morgan fingerprint density at radius 3 is 2.43 bits per heavy atom. The maximum atomic E-state index is 12.9. The van der Waals surface area contributed by atoms with Gasteiger partial charge in [-0.05, 0) is 43.5 Å². The van der Waals surface area contributed by atoms with Gasteiger partial charge in [0.05, 0.1) is 21.7 Å². The molecule has 4 rings (SSSR count). The van der Waals surface area contributed by atoms with Crippen molar-refractivity contribution in [1.82, 2.24) is 4.90 Å². The Morgan fingerprint density at radius 1 is 1.03 bits per heavy atom. The van der Waals surface area contributed by atoms with Gasteiger partial charge in [0.25, 0.3) is 23.4 Å². The highest BCUT2D eigenvalue weighted by atomic mass is 16.6. The van der Waals surface area contributed by atoms with Crippen molar-refractivity contribution in [2.24, 2.45) is 0 Å². The molecule has 8 heteroatoms. The van der Waals surface area contributed by atoms with Gasteiger partial charge in [-0.25, -0.2) is 0 Å².